The van der Waals surface area contributed by atoms with Crippen LogP contribution in [0.5, 0.6) is 0 Å². The highest BCUT2D eigenvalue weighted by molar-refractivity contribution is 7.09. The Morgan fingerprint density at radius 2 is 2.21 bits per heavy atom. The van der Waals surface area contributed by atoms with Crippen LogP contribution in [-0.4, -0.2) is 51.3 Å². The molecule has 1 N–H and O–H groups in total. The third-order valence-electron chi connectivity index (χ3n) is 5.04. The Morgan fingerprint density at radius 3 is 2.83 bits per heavy atom. The molecular weight excluding hydrogens is 318 g/mol. The van der Waals surface area contributed by atoms with Gasteiger partial charge in [0.1, 0.15) is 0 Å². The quantitative estimate of drug-likeness (QED) is 0.543. The Kier molecular flexibility index (Phi) is 8.06. The van der Waals surface area contributed by atoms with Gasteiger partial charge in [0.15, 0.2) is 5.96 Å². The van der Waals surface area contributed by atoms with Crippen molar-refractivity contribution in [2.75, 3.05) is 40.4 Å². The smallest absolute Gasteiger partial charge is 0.193 e. The maximum absolute atomic E-state index is 5.34. The maximum atomic E-state index is 5.34. The van der Waals surface area contributed by atoms with E-state index >= 15 is 0 Å². The molecule has 0 aliphatic heterocycles. The largest absolute Gasteiger partial charge is 0.385 e. The molecule has 0 atom stereocenters. The summed E-state index contributed by atoms with van der Waals surface area (Å²) in [4.78, 5) is 8.70. The van der Waals surface area contributed by atoms with Gasteiger partial charge in [-0.25, -0.2) is 0 Å². The van der Waals surface area contributed by atoms with Gasteiger partial charge in [-0.2, -0.15) is 0 Å². The van der Waals surface area contributed by atoms with E-state index in [-0.39, 0.29) is 0 Å². The first-order valence-corrected chi connectivity index (χ1v) is 10.1. The third-order valence-corrected chi connectivity index (χ3v) is 5.97. The zero-order chi connectivity index (χ0) is 17.3. The van der Waals surface area contributed by atoms with Crippen molar-refractivity contribution in [1.29, 1.82) is 0 Å². The molecule has 1 saturated carbocycles. The molecule has 1 aromatic heterocycles. The number of methoxy groups -OCH3 is 1. The molecule has 5 heteroatoms. The van der Waals surface area contributed by atoms with Gasteiger partial charge in [0, 0.05) is 45.3 Å². The van der Waals surface area contributed by atoms with E-state index in [9.17, 15) is 0 Å². The molecular formula is C19H33N3OS. The highest BCUT2D eigenvalue weighted by Crippen LogP contribution is 2.41. The Morgan fingerprint density at radius 1 is 1.42 bits per heavy atom. The predicted octanol–water partition coefficient (Wildman–Crippen LogP) is 3.78. The molecule has 0 spiro atoms. The number of likely N-dealkylation sites (N-methyl/N-ethyl adjacent to an activating group) is 1. The van der Waals surface area contributed by atoms with Crippen LogP contribution < -0.4 is 5.32 Å². The number of nitrogens with one attached hydrogen (secondary N) is 1. The van der Waals surface area contributed by atoms with Gasteiger partial charge >= 0.3 is 0 Å². The predicted molar refractivity (Wildman–Crippen MR) is 104 cm³/mol. The minimum Gasteiger partial charge on any atom is -0.385 e. The number of nitrogens with zero attached hydrogens (tertiary/aromatic N) is 2. The molecule has 1 heterocycles. The molecule has 1 aliphatic carbocycles. The standard InChI is InChI=1S/C19H33N3OS/c1-4-20-18(22(2)13-9-17-8-7-15-24-17)21-16-19(12-14-23-3)10-5-6-11-19/h7-8,15H,4-6,9-14,16H2,1-3H3,(H,20,21). The molecule has 0 saturated heterocycles. The van der Waals surface area contributed by atoms with Crippen LogP contribution in [0.2, 0.25) is 0 Å². The molecule has 4 nitrogen and oxygen atoms in total. The summed E-state index contributed by atoms with van der Waals surface area (Å²) in [5, 5.41) is 5.60. The van der Waals surface area contributed by atoms with E-state index in [1.165, 1.54) is 30.6 Å². The number of hydrogen-bond acceptors (Lipinski definition) is 3. The second-order valence-electron chi connectivity index (χ2n) is 6.87. The normalized spacial score (nSPS) is 17.2. The first-order chi connectivity index (χ1) is 11.7. The summed E-state index contributed by atoms with van der Waals surface area (Å²) in [5.41, 5.74) is 0.352. The summed E-state index contributed by atoms with van der Waals surface area (Å²) < 4.78 is 5.34. The highest BCUT2D eigenvalue weighted by atomic mass is 32.1. The average molecular weight is 352 g/mol. The van der Waals surface area contributed by atoms with Crippen LogP contribution in [0, 0.1) is 5.41 Å². The van der Waals surface area contributed by atoms with E-state index in [0.29, 0.717) is 5.41 Å². The fourth-order valence-corrected chi connectivity index (χ4v) is 4.18. The molecule has 0 amide bonds. The number of hydrogen-bond donors (Lipinski definition) is 1. The first-order valence-electron chi connectivity index (χ1n) is 9.20. The lowest BCUT2D eigenvalue weighted by atomic mass is 9.83. The van der Waals surface area contributed by atoms with Crippen molar-refractivity contribution in [1.82, 2.24) is 10.2 Å². The summed E-state index contributed by atoms with van der Waals surface area (Å²) >= 11 is 1.83. The lowest BCUT2D eigenvalue weighted by Gasteiger charge is -2.29. The van der Waals surface area contributed by atoms with Gasteiger partial charge < -0.3 is 15.0 Å². The molecule has 0 unspecified atom stereocenters. The number of ether oxygens (including phenoxy) is 1. The minimum absolute atomic E-state index is 0.352. The van der Waals surface area contributed by atoms with Crippen LogP contribution in [0.25, 0.3) is 0 Å². The molecule has 0 bridgehead atoms. The van der Waals surface area contributed by atoms with E-state index in [4.69, 9.17) is 9.73 Å². The maximum Gasteiger partial charge on any atom is 0.193 e. The van der Waals surface area contributed by atoms with Gasteiger partial charge in [-0.05, 0) is 49.5 Å². The SMILES string of the molecule is CCNC(=NCC1(CCOC)CCCC1)N(C)CCc1cccs1. The summed E-state index contributed by atoms with van der Waals surface area (Å²) in [6.07, 6.45) is 7.46. The van der Waals surface area contributed by atoms with Crippen LogP contribution >= 0.6 is 11.3 Å². The first kappa shape index (κ1) is 19.3. The second kappa shape index (κ2) is 10.0. The number of guanidine groups is 1. The Bertz CT molecular complexity index is 481. The van der Waals surface area contributed by atoms with Crippen molar-refractivity contribution in [3.05, 3.63) is 22.4 Å². The zero-order valence-corrected chi connectivity index (χ0v) is 16.3. The van der Waals surface area contributed by atoms with Crippen molar-refractivity contribution in [3.8, 4) is 0 Å². The molecule has 1 fully saturated rings. The molecule has 1 aromatic rings. The molecule has 2 rings (SSSR count). The molecule has 1 aliphatic rings. The van der Waals surface area contributed by atoms with Crippen LogP contribution in [-0.2, 0) is 11.2 Å². The summed E-state index contributed by atoms with van der Waals surface area (Å²) in [7, 11) is 3.94. The molecule has 24 heavy (non-hydrogen) atoms. The average Bonchev–Trinajstić information content (AvgIpc) is 3.27. The van der Waals surface area contributed by atoms with Crippen LogP contribution in [0.15, 0.2) is 22.5 Å². The van der Waals surface area contributed by atoms with Crippen molar-refractivity contribution in [2.24, 2.45) is 10.4 Å². The number of rotatable bonds is 9. The van der Waals surface area contributed by atoms with E-state index in [0.717, 1.165) is 45.0 Å². The molecule has 0 radical (unpaired) electrons. The topological polar surface area (TPSA) is 36.9 Å². The van der Waals surface area contributed by atoms with Crippen LogP contribution in [0.1, 0.15) is 43.9 Å². The van der Waals surface area contributed by atoms with Gasteiger partial charge in [0.2, 0.25) is 0 Å². The fourth-order valence-electron chi connectivity index (χ4n) is 3.48. The highest BCUT2D eigenvalue weighted by Gasteiger charge is 2.33. The molecule has 136 valence electrons. The minimum atomic E-state index is 0.352. The van der Waals surface area contributed by atoms with Gasteiger partial charge in [0.05, 0.1) is 0 Å². The zero-order valence-electron chi connectivity index (χ0n) is 15.5. The van der Waals surface area contributed by atoms with E-state index < -0.39 is 0 Å². The monoisotopic (exact) mass is 351 g/mol. The van der Waals surface area contributed by atoms with Crippen LogP contribution in [0.3, 0.4) is 0 Å². The van der Waals surface area contributed by atoms with Gasteiger partial charge in [-0.15, -0.1) is 11.3 Å². The summed E-state index contributed by atoms with van der Waals surface area (Å²) in [5.74, 6) is 1.04. The van der Waals surface area contributed by atoms with Crippen molar-refractivity contribution >= 4 is 17.3 Å². The van der Waals surface area contributed by atoms with Crippen molar-refractivity contribution in [3.63, 3.8) is 0 Å². The fraction of sp³-hybridized carbons (Fsp3) is 0.737. The Labute approximate surface area is 151 Å². The van der Waals surface area contributed by atoms with Crippen LogP contribution in [0.4, 0.5) is 0 Å². The molecule has 0 aromatic carbocycles. The number of aliphatic imine (C=N–C) groups is 1. The van der Waals surface area contributed by atoms with Crippen molar-refractivity contribution in [2.45, 2.75) is 45.4 Å². The van der Waals surface area contributed by atoms with E-state index in [1.54, 1.807) is 7.11 Å². The lowest BCUT2D eigenvalue weighted by Crippen LogP contribution is -2.40. The summed E-state index contributed by atoms with van der Waals surface area (Å²) in [6.45, 7) is 5.81. The van der Waals surface area contributed by atoms with Gasteiger partial charge in [-0.3, -0.25) is 4.99 Å². The van der Waals surface area contributed by atoms with E-state index in [1.807, 2.05) is 11.3 Å². The Balaban J connectivity index is 1.94. The van der Waals surface area contributed by atoms with Gasteiger partial charge in [0.25, 0.3) is 0 Å². The Hall–Kier alpha value is -1.07. The number of thiophene rings is 1. The third kappa shape index (κ3) is 5.78. The van der Waals surface area contributed by atoms with Crippen molar-refractivity contribution < 1.29 is 4.74 Å². The summed E-state index contributed by atoms with van der Waals surface area (Å²) in [6, 6.07) is 4.33. The second-order valence-corrected chi connectivity index (χ2v) is 7.90. The lowest BCUT2D eigenvalue weighted by molar-refractivity contribution is 0.141. The van der Waals surface area contributed by atoms with Gasteiger partial charge in [-0.1, -0.05) is 18.9 Å². The van der Waals surface area contributed by atoms with E-state index in [2.05, 4.69) is 41.7 Å².